The van der Waals surface area contributed by atoms with E-state index in [4.69, 9.17) is 17.0 Å². The molecule has 1 saturated heterocycles. The van der Waals surface area contributed by atoms with Gasteiger partial charge in [-0.15, -0.1) is 0 Å². The Bertz CT molecular complexity index is 726. The van der Waals surface area contributed by atoms with Gasteiger partial charge in [0, 0.05) is 25.3 Å². The Hall–Kier alpha value is -1.95. The highest BCUT2D eigenvalue weighted by Crippen LogP contribution is 2.18. The molecule has 0 unspecified atom stereocenters. The van der Waals surface area contributed by atoms with Gasteiger partial charge in [0.15, 0.2) is 5.11 Å². The molecule has 1 fully saturated rings. The van der Waals surface area contributed by atoms with Crippen LogP contribution < -0.4 is 10.6 Å². The van der Waals surface area contributed by atoms with Crippen molar-refractivity contribution in [2.24, 2.45) is 0 Å². The number of hydrogen-bond acceptors (Lipinski definition) is 3. The first-order valence-corrected chi connectivity index (χ1v) is 9.52. The molecule has 0 aliphatic carbocycles. The van der Waals surface area contributed by atoms with Crippen LogP contribution in [0.3, 0.4) is 0 Å². The van der Waals surface area contributed by atoms with Crippen LogP contribution in [0.2, 0.25) is 0 Å². The second kappa shape index (κ2) is 9.12. The number of rotatable bonds is 5. The van der Waals surface area contributed by atoms with Gasteiger partial charge in [-0.2, -0.15) is 0 Å². The molecule has 1 heterocycles. The van der Waals surface area contributed by atoms with Gasteiger partial charge in [-0.1, -0.05) is 48.0 Å². The molecule has 1 atom stereocenters. The predicted molar refractivity (Wildman–Crippen MR) is 112 cm³/mol. The molecular formula is C21H27N3OS. The molecule has 26 heavy (non-hydrogen) atoms. The molecule has 2 aromatic carbocycles. The van der Waals surface area contributed by atoms with Gasteiger partial charge in [0.1, 0.15) is 0 Å². The van der Waals surface area contributed by atoms with Gasteiger partial charge in [0.25, 0.3) is 0 Å². The normalized spacial score (nSPS) is 16.1. The molecule has 2 N–H and O–H groups in total. The van der Waals surface area contributed by atoms with E-state index >= 15 is 0 Å². The number of para-hydroxylation sites is 1. The molecule has 0 bridgehead atoms. The number of nitrogens with one attached hydrogen (secondary N) is 2. The van der Waals surface area contributed by atoms with E-state index in [0.29, 0.717) is 5.11 Å². The van der Waals surface area contributed by atoms with E-state index in [2.05, 4.69) is 59.7 Å². The average molecular weight is 370 g/mol. The summed E-state index contributed by atoms with van der Waals surface area (Å²) in [7, 11) is 0. The van der Waals surface area contributed by atoms with E-state index in [1.54, 1.807) is 0 Å². The van der Waals surface area contributed by atoms with Crippen LogP contribution in [0.25, 0.3) is 0 Å². The summed E-state index contributed by atoms with van der Waals surface area (Å²) in [5.74, 6) is 0. The van der Waals surface area contributed by atoms with Crippen LogP contribution >= 0.6 is 12.2 Å². The first-order valence-electron chi connectivity index (χ1n) is 9.11. The predicted octanol–water partition coefficient (Wildman–Crippen LogP) is 3.66. The van der Waals surface area contributed by atoms with Crippen molar-refractivity contribution in [3.63, 3.8) is 0 Å². The van der Waals surface area contributed by atoms with Crippen molar-refractivity contribution in [1.82, 2.24) is 10.2 Å². The Kier molecular flexibility index (Phi) is 6.61. The zero-order chi connectivity index (χ0) is 18.4. The number of anilines is 1. The highest BCUT2D eigenvalue weighted by Gasteiger charge is 2.19. The third kappa shape index (κ3) is 5.27. The summed E-state index contributed by atoms with van der Waals surface area (Å²) in [6, 6.07) is 17.0. The van der Waals surface area contributed by atoms with E-state index in [9.17, 15) is 0 Å². The van der Waals surface area contributed by atoms with Gasteiger partial charge < -0.3 is 15.4 Å². The highest BCUT2D eigenvalue weighted by atomic mass is 32.1. The minimum Gasteiger partial charge on any atom is -0.379 e. The Morgan fingerprint density at radius 1 is 1.08 bits per heavy atom. The number of hydrogen-bond donors (Lipinski definition) is 2. The maximum absolute atomic E-state index is 5.60. The fourth-order valence-corrected chi connectivity index (χ4v) is 3.36. The maximum atomic E-state index is 5.60. The van der Waals surface area contributed by atoms with Gasteiger partial charge in [0.2, 0.25) is 0 Å². The molecular weight excluding hydrogens is 342 g/mol. The lowest BCUT2D eigenvalue weighted by Crippen LogP contribution is -2.44. The molecule has 5 heteroatoms. The van der Waals surface area contributed by atoms with Crippen molar-refractivity contribution >= 4 is 23.0 Å². The highest BCUT2D eigenvalue weighted by molar-refractivity contribution is 7.80. The molecule has 1 aliphatic rings. The third-order valence-corrected chi connectivity index (χ3v) is 4.94. The minimum atomic E-state index is 0.137. The first-order chi connectivity index (χ1) is 12.6. The van der Waals surface area contributed by atoms with Gasteiger partial charge >= 0.3 is 0 Å². The molecule has 0 radical (unpaired) electrons. The van der Waals surface area contributed by atoms with Crippen LogP contribution in [0.4, 0.5) is 5.69 Å². The molecule has 0 saturated carbocycles. The Morgan fingerprint density at radius 2 is 1.77 bits per heavy atom. The number of morpholine rings is 1. The molecule has 4 nitrogen and oxygen atoms in total. The third-order valence-electron chi connectivity index (χ3n) is 4.72. The van der Waals surface area contributed by atoms with E-state index in [1.165, 1.54) is 16.7 Å². The first kappa shape index (κ1) is 18.8. The SMILES string of the molecule is Cc1ccc([C@H](CN2CCOCC2)NC(=S)Nc2ccccc2C)cc1. The smallest absolute Gasteiger partial charge is 0.171 e. The van der Waals surface area contributed by atoms with Crippen LogP contribution in [0.15, 0.2) is 48.5 Å². The quantitative estimate of drug-likeness (QED) is 0.787. The van der Waals surface area contributed by atoms with Crippen LogP contribution in [0, 0.1) is 13.8 Å². The number of ether oxygens (including phenoxy) is 1. The molecule has 2 aromatic rings. The van der Waals surface area contributed by atoms with Crippen molar-refractivity contribution in [3.05, 3.63) is 65.2 Å². The number of thiocarbonyl (C=S) groups is 1. The Morgan fingerprint density at radius 3 is 2.46 bits per heavy atom. The van der Waals surface area contributed by atoms with Crippen LogP contribution in [-0.4, -0.2) is 42.9 Å². The molecule has 1 aliphatic heterocycles. The zero-order valence-corrected chi connectivity index (χ0v) is 16.3. The molecule has 0 amide bonds. The lowest BCUT2D eigenvalue weighted by atomic mass is 10.0. The summed E-state index contributed by atoms with van der Waals surface area (Å²) in [6.45, 7) is 8.61. The van der Waals surface area contributed by atoms with E-state index in [-0.39, 0.29) is 6.04 Å². The van der Waals surface area contributed by atoms with E-state index in [1.807, 2.05) is 18.2 Å². The average Bonchev–Trinajstić information content (AvgIpc) is 2.65. The summed E-state index contributed by atoms with van der Waals surface area (Å²) >= 11 is 5.60. The fourth-order valence-electron chi connectivity index (χ4n) is 3.10. The van der Waals surface area contributed by atoms with Crippen molar-refractivity contribution in [2.75, 3.05) is 38.2 Å². The van der Waals surface area contributed by atoms with Gasteiger partial charge in [-0.05, 0) is 43.3 Å². The monoisotopic (exact) mass is 369 g/mol. The largest absolute Gasteiger partial charge is 0.379 e. The standard InChI is InChI=1S/C21H27N3OS/c1-16-7-9-18(10-8-16)20(15-24-11-13-25-14-12-24)23-21(26)22-19-6-4-3-5-17(19)2/h3-10,20H,11-15H2,1-2H3,(H2,22,23,26)/t20-/m0/s1. The summed E-state index contributed by atoms with van der Waals surface area (Å²) < 4.78 is 5.48. The topological polar surface area (TPSA) is 36.5 Å². The molecule has 0 aromatic heterocycles. The molecule has 0 spiro atoms. The zero-order valence-electron chi connectivity index (χ0n) is 15.5. The van der Waals surface area contributed by atoms with Crippen LogP contribution in [0.5, 0.6) is 0 Å². The van der Waals surface area contributed by atoms with Crippen molar-refractivity contribution in [1.29, 1.82) is 0 Å². The van der Waals surface area contributed by atoms with Gasteiger partial charge in [-0.25, -0.2) is 0 Å². The lowest BCUT2D eigenvalue weighted by molar-refractivity contribution is 0.0344. The second-order valence-corrected chi connectivity index (χ2v) is 7.20. The van der Waals surface area contributed by atoms with Crippen molar-refractivity contribution < 1.29 is 4.74 Å². The molecule has 3 rings (SSSR count). The summed E-state index contributed by atoms with van der Waals surface area (Å²) in [6.07, 6.45) is 0. The number of benzene rings is 2. The lowest BCUT2D eigenvalue weighted by Gasteiger charge is -2.31. The molecule has 138 valence electrons. The van der Waals surface area contributed by atoms with E-state index in [0.717, 1.165) is 38.5 Å². The minimum absolute atomic E-state index is 0.137. The van der Waals surface area contributed by atoms with E-state index < -0.39 is 0 Å². The number of aryl methyl sites for hydroxylation is 2. The van der Waals surface area contributed by atoms with Crippen molar-refractivity contribution in [3.8, 4) is 0 Å². The Balaban J connectivity index is 1.70. The Labute approximate surface area is 161 Å². The summed E-state index contributed by atoms with van der Waals surface area (Å²) in [4.78, 5) is 2.43. The fraction of sp³-hybridized carbons (Fsp3) is 0.381. The maximum Gasteiger partial charge on any atom is 0.171 e. The second-order valence-electron chi connectivity index (χ2n) is 6.79. The number of nitrogens with zero attached hydrogens (tertiary/aromatic N) is 1. The van der Waals surface area contributed by atoms with Crippen LogP contribution in [-0.2, 0) is 4.74 Å². The van der Waals surface area contributed by atoms with Gasteiger partial charge in [-0.3, -0.25) is 4.90 Å². The summed E-state index contributed by atoms with van der Waals surface area (Å²) in [5.41, 5.74) is 4.73. The van der Waals surface area contributed by atoms with Crippen LogP contribution in [0.1, 0.15) is 22.7 Å². The van der Waals surface area contributed by atoms with Gasteiger partial charge in [0.05, 0.1) is 19.3 Å². The van der Waals surface area contributed by atoms with Crippen molar-refractivity contribution in [2.45, 2.75) is 19.9 Å². The summed E-state index contributed by atoms with van der Waals surface area (Å²) in [5, 5.41) is 7.50.